The molecular weight excluding hydrogens is 534 g/mol. The van der Waals surface area contributed by atoms with Crippen LogP contribution in [0, 0.1) is 5.92 Å². The van der Waals surface area contributed by atoms with Gasteiger partial charge in [0.25, 0.3) is 5.91 Å². The van der Waals surface area contributed by atoms with Gasteiger partial charge in [-0.25, -0.2) is 0 Å². The molecule has 0 bridgehead atoms. The van der Waals surface area contributed by atoms with E-state index >= 15 is 0 Å². The highest BCUT2D eigenvalue weighted by molar-refractivity contribution is 6.10. The van der Waals surface area contributed by atoms with E-state index in [0.29, 0.717) is 19.4 Å². The highest BCUT2D eigenvalue weighted by atomic mass is 19.3. The molecule has 1 saturated carbocycles. The number of rotatable bonds is 14. The zero-order chi connectivity index (χ0) is 30.5. The van der Waals surface area contributed by atoms with Crippen molar-refractivity contribution >= 4 is 23.5 Å². The standard InChI is InChI=1S/C34H46F2N4O2/c1-7-12-25-16-24(21-37-15-8-2)17-29-30(25)22-40(32(29)41)27-14-11-13-26(18-27)34(19-28(20-34)42-33(6,35)36)31(23(5)9-3)39-38-10-4/h10-11,13-14,16-18,23,28,37H,7-9,12,15,19-22H2,1-6H3/b38-10-,39-31+. The Bertz CT molecular complexity index is 1310. The third-order valence-electron chi connectivity index (χ3n) is 8.56. The maximum atomic E-state index is 13.9. The highest BCUT2D eigenvalue weighted by Crippen LogP contribution is 2.50. The second-order valence-corrected chi connectivity index (χ2v) is 11.9. The van der Waals surface area contributed by atoms with E-state index in [2.05, 4.69) is 49.3 Å². The lowest BCUT2D eigenvalue weighted by molar-refractivity contribution is -0.267. The summed E-state index contributed by atoms with van der Waals surface area (Å²) in [5.74, 6) is 0.0900. The van der Waals surface area contributed by atoms with E-state index in [1.54, 1.807) is 6.21 Å². The van der Waals surface area contributed by atoms with Crippen LogP contribution in [-0.2, 0) is 29.7 Å². The van der Waals surface area contributed by atoms with Gasteiger partial charge in [0.15, 0.2) is 0 Å². The van der Waals surface area contributed by atoms with Crippen molar-refractivity contribution in [3.8, 4) is 0 Å². The molecule has 2 aromatic rings. The van der Waals surface area contributed by atoms with Crippen LogP contribution in [0.3, 0.4) is 0 Å². The van der Waals surface area contributed by atoms with Gasteiger partial charge in [0.1, 0.15) is 0 Å². The van der Waals surface area contributed by atoms with Crippen LogP contribution >= 0.6 is 0 Å². The number of benzene rings is 2. The van der Waals surface area contributed by atoms with Gasteiger partial charge in [-0.05, 0) is 91.9 Å². The number of alkyl halides is 2. The Morgan fingerprint density at radius 1 is 1.21 bits per heavy atom. The largest absolute Gasteiger partial charge is 0.353 e. The Morgan fingerprint density at radius 2 is 1.98 bits per heavy atom. The summed E-state index contributed by atoms with van der Waals surface area (Å²) in [7, 11) is 0. The van der Waals surface area contributed by atoms with E-state index in [0.717, 1.165) is 79.3 Å². The number of fused-ring (bicyclic) bond motifs is 1. The van der Waals surface area contributed by atoms with Gasteiger partial charge in [-0.3, -0.25) is 4.79 Å². The number of nitrogens with one attached hydrogen (secondary N) is 1. The summed E-state index contributed by atoms with van der Waals surface area (Å²) >= 11 is 0. The first kappa shape index (κ1) is 32.0. The van der Waals surface area contributed by atoms with E-state index in [-0.39, 0.29) is 11.8 Å². The minimum Gasteiger partial charge on any atom is -0.317 e. The van der Waals surface area contributed by atoms with Crippen molar-refractivity contribution in [3.63, 3.8) is 0 Å². The van der Waals surface area contributed by atoms with Gasteiger partial charge in [0, 0.05) is 36.3 Å². The third kappa shape index (κ3) is 6.81. The molecule has 1 N–H and O–H groups in total. The SMILES string of the molecule is C/C=N\N=C(/C(C)CC)C1(c2cccc(N3Cc4c(CCC)cc(CNCCC)cc4C3=O)c2)CC(OC(C)(F)F)C1. The Hall–Kier alpha value is -2.97. The fraction of sp³-hybridized carbons (Fsp3) is 0.559. The fourth-order valence-corrected chi connectivity index (χ4v) is 6.40. The number of nitrogens with zero attached hydrogens (tertiary/aromatic N) is 3. The van der Waals surface area contributed by atoms with Gasteiger partial charge in [-0.1, -0.05) is 52.3 Å². The van der Waals surface area contributed by atoms with Crippen molar-refractivity contribution in [1.82, 2.24) is 5.32 Å². The molecule has 1 aliphatic heterocycles. The number of hydrogen-bond acceptors (Lipinski definition) is 5. The molecule has 0 saturated heterocycles. The molecule has 2 aliphatic rings. The lowest BCUT2D eigenvalue weighted by Crippen LogP contribution is -2.54. The van der Waals surface area contributed by atoms with Crippen molar-refractivity contribution in [2.24, 2.45) is 16.1 Å². The Labute approximate surface area is 249 Å². The molecule has 8 heteroatoms. The number of halogens is 2. The average Bonchev–Trinajstić information content (AvgIpc) is 3.27. The molecule has 228 valence electrons. The molecule has 6 nitrogen and oxygen atoms in total. The first-order chi connectivity index (χ1) is 20.1. The van der Waals surface area contributed by atoms with E-state index in [1.807, 2.05) is 42.2 Å². The highest BCUT2D eigenvalue weighted by Gasteiger charge is 2.53. The maximum absolute atomic E-state index is 13.9. The van der Waals surface area contributed by atoms with E-state index in [4.69, 9.17) is 4.74 Å². The molecule has 1 unspecified atom stereocenters. The van der Waals surface area contributed by atoms with Crippen molar-refractivity contribution in [3.05, 3.63) is 64.2 Å². The van der Waals surface area contributed by atoms with Crippen molar-refractivity contribution in [2.75, 3.05) is 11.4 Å². The molecule has 1 amide bonds. The fourth-order valence-electron chi connectivity index (χ4n) is 6.40. The second-order valence-electron chi connectivity index (χ2n) is 11.9. The normalized spacial score (nSPS) is 21.6. The maximum Gasteiger partial charge on any atom is 0.353 e. The van der Waals surface area contributed by atoms with E-state index < -0.39 is 17.6 Å². The van der Waals surface area contributed by atoms with Crippen LogP contribution in [0.5, 0.6) is 0 Å². The first-order valence-electron chi connectivity index (χ1n) is 15.5. The number of ether oxygens (including phenoxy) is 1. The smallest absolute Gasteiger partial charge is 0.317 e. The van der Waals surface area contributed by atoms with Gasteiger partial charge >= 0.3 is 6.11 Å². The van der Waals surface area contributed by atoms with Gasteiger partial charge in [-0.2, -0.15) is 19.0 Å². The zero-order valence-electron chi connectivity index (χ0n) is 26.0. The minimum atomic E-state index is -3.21. The number of aryl methyl sites for hydroxylation is 1. The lowest BCUT2D eigenvalue weighted by Gasteiger charge is -2.50. The Morgan fingerprint density at radius 3 is 2.62 bits per heavy atom. The predicted octanol–water partition coefficient (Wildman–Crippen LogP) is 7.82. The summed E-state index contributed by atoms with van der Waals surface area (Å²) in [6, 6.07) is 12.3. The third-order valence-corrected chi connectivity index (χ3v) is 8.56. The topological polar surface area (TPSA) is 66.3 Å². The molecule has 0 aromatic heterocycles. The predicted molar refractivity (Wildman–Crippen MR) is 167 cm³/mol. The number of carbonyl (C=O) groups is 1. The molecule has 1 fully saturated rings. The second kappa shape index (κ2) is 13.6. The van der Waals surface area contributed by atoms with Crippen molar-refractivity contribution < 1.29 is 18.3 Å². The zero-order valence-corrected chi connectivity index (χ0v) is 26.0. The van der Waals surface area contributed by atoms with Gasteiger partial charge in [-0.15, -0.1) is 0 Å². The monoisotopic (exact) mass is 580 g/mol. The molecule has 1 aliphatic carbocycles. The molecular formula is C34H46F2N4O2. The minimum absolute atomic E-state index is 0.00209. The summed E-state index contributed by atoms with van der Waals surface area (Å²) in [4.78, 5) is 15.7. The van der Waals surface area contributed by atoms with Crippen LogP contribution in [0.2, 0.25) is 0 Å². The van der Waals surface area contributed by atoms with E-state index in [9.17, 15) is 13.6 Å². The number of hydrogen-bond donors (Lipinski definition) is 1. The summed E-state index contributed by atoms with van der Waals surface area (Å²) in [5.41, 5.74) is 6.25. The quantitative estimate of drug-likeness (QED) is 0.141. The summed E-state index contributed by atoms with van der Waals surface area (Å²) < 4.78 is 32.7. The van der Waals surface area contributed by atoms with Gasteiger partial charge < -0.3 is 15.0 Å². The Kier molecular flexibility index (Phi) is 10.3. The van der Waals surface area contributed by atoms with Crippen molar-refractivity contribution in [1.29, 1.82) is 0 Å². The van der Waals surface area contributed by atoms with Gasteiger partial charge in [0.05, 0.1) is 18.4 Å². The van der Waals surface area contributed by atoms with Crippen LogP contribution < -0.4 is 10.2 Å². The molecule has 0 radical (unpaired) electrons. The average molecular weight is 581 g/mol. The number of anilines is 1. The van der Waals surface area contributed by atoms with Crippen LogP contribution in [-0.4, -0.2) is 36.6 Å². The van der Waals surface area contributed by atoms with Gasteiger partial charge in [0.2, 0.25) is 0 Å². The summed E-state index contributed by atoms with van der Waals surface area (Å²) in [5, 5.41) is 12.3. The number of carbonyl (C=O) groups excluding carboxylic acids is 1. The molecule has 1 atom stereocenters. The summed E-state index contributed by atoms with van der Waals surface area (Å²) in [6.07, 6.45) is 2.41. The molecule has 4 rings (SSSR count). The van der Waals surface area contributed by atoms with Crippen LogP contribution in [0.25, 0.3) is 0 Å². The van der Waals surface area contributed by atoms with Crippen LogP contribution in [0.15, 0.2) is 46.6 Å². The van der Waals surface area contributed by atoms with Crippen LogP contribution in [0.4, 0.5) is 14.5 Å². The molecule has 1 heterocycles. The number of amides is 1. The van der Waals surface area contributed by atoms with E-state index in [1.165, 1.54) is 5.56 Å². The lowest BCUT2D eigenvalue weighted by atomic mass is 9.57. The summed E-state index contributed by atoms with van der Waals surface area (Å²) in [6.45, 7) is 13.3. The van der Waals surface area contributed by atoms with Crippen molar-refractivity contribution in [2.45, 2.75) is 111 Å². The molecule has 42 heavy (non-hydrogen) atoms. The Balaban J connectivity index is 1.71. The first-order valence-corrected chi connectivity index (χ1v) is 15.5. The molecule has 0 spiro atoms. The molecule has 2 aromatic carbocycles. The van der Waals surface area contributed by atoms with Crippen LogP contribution in [0.1, 0.15) is 106 Å².